The normalized spacial score (nSPS) is 10.2. The highest BCUT2D eigenvalue weighted by Crippen LogP contribution is 2.35. The predicted octanol–water partition coefficient (Wildman–Crippen LogP) is 3.30. The van der Waals surface area contributed by atoms with Crippen LogP contribution in [0.1, 0.15) is 19.8 Å². The van der Waals surface area contributed by atoms with Crippen molar-refractivity contribution in [2.45, 2.75) is 19.8 Å². The molecule has 7 heteroatoms. The zero-order valence-corrected chi connectivity index (χ0v) is 14.0. The van der Waals surface area contributed by atoms with Gasteiger partial charge in [-0.1, -0.05) is 18.5 Å². The quantitative estimate of drug-likeness (QED) is 0.682. The second kappa shape index (κ2) is 10.1. The molecule has 0 aliphatic rings. The van der Waals surface area contributed by atoms with Crippen molar-refractivity contribution in [1.82, 2.24) is 5.32 Å². The summed E-state index contributed by atoms with van der Waals surface area (Å²) in [6.07, 6.45) is 1.75. The number of methoxy groups -OCH3 is 2. The van der Waals surface area contributed by atoms with Crippen LogP contribution in [0.2, 0.25) is 5.02 Å². The summed E-state index contributed by atoms with van der Waals surface area (Å²) in [7, 11) is 3.01. The van der Waals surface area contributed by atoms with Gasteiger partial charge in [-0.25, -0.2) is 4.79 Å². The number of anilines is 1. The molecule has 1 rings (SSSR count). The number of ether oxygens (including phenoxy) is 3. The first-order valence-corrected chi connectivity index (χ1v) is 7.54. The van der Waals surface area contributed by atoms with Crippen molar-refractivity contribution < 1.29 is 19.0 Å². The summed E-state index contributed by atoms with van der Waals surface area (Å²) in [5.41, 5.74) is 0.489. The predicted molar refractivity (Wildman–Crippen MR) is 87.3 cm³/mol. The molecule has 2 amide bonds. The Kier molecular flexibility index (Phi) is 8.47. The maximum Gasteiger partial charge on any atom is 0.319 e. The van der Waals surface area contributed by atoms with Crippen molar-refractivity contribution in [2.75, 3.05) is 39.3 Å². The molecule has 0 heterocycles. The van der Waals surface area contributed by atoms with Gasteiger partial charge in [-0.15, -0.1) is 0 Å². The van der Waals surface area contributed by atoms with Crippen LogP contribution < -0.4 is 20.1 Å². The minimum absolute atomic E-state index is 0.321. The van der Waals surface area contributed by atoms with Crippen molar-refractivity contribution in [1.29, 1.82) is 0 Å². The number of hydrogen-bond acceptors (Lipinski definition) is 4. The van der Waals surface area contributed by atoms with Crippen molar-refractivity contribution in [3.8, 4) is 11.5 Å². The Morgan fingerprint density at radius 3 is 2.55 bits per heavy atom. The van der Waals surface area contributed by atoms with Gasteiger partial charge >= 0.3 is 6.03 Å². The molecule has 0 saturated heterocycles. The molecule has 22 heavy (non-hydrogen) atoms. The molecule has 1 aromatic rings. The molecule has 0 bridgehead atoms. The first-order chi connectivity index (χ1) is 10.6. The lowest BCUT2D eigenvalue weighted by molar-refractivity contribution is 0.132. The van der Waals surface area contributed by atoms with Crippen LogP contribution in [0.4, 0.5) is 10.5 Å². The maximum atomic E-state index is 11.9. The molecule has 0 spiro atoms. The Balaban J connectivity index is 2.49. The molecule has 0 atom stereocenters. The van der Waals surface area contributed by atoms with Crippen LogP contribution in [0.3, 0.4) is 0 Å². The Labute approximate surface area is 136 Å². The Bertz CT molecular complexity index is 483. The molecule has 0 radical (unpaired) electrons. The third-order valence-electron chi connectivity index (χ3n) is 2.82. The Morgan fingerprint density at radius 1 is 1.18 bits per heavy atom. The van der Waals surface area contributed by atoms with E-state index in [0.717, 1.165) is 19.4 Å². The van der Waals surface area contributed by atoms with Gasteiger partial charge in [0.05, 0.1) is 24.9 Å². The fourth-order valence-corrected chi connectivity index (χ4v) is 1.98. The van der Waals surface area contributed by atoms with Crippen molar-refractivity contribution in [3.63, 3.8) is 0 Å². The molecular weight excluding hydrogens is 308 g/mol. The highest BCUT2D eigenvalue weighted by Gasteiger charge is 2.12. The van der Waals surface area contributed by atoms with E-state index in [2.05, 4.69) is 17.6 Å². The lowest BCUT2D eigenvalue weighted by atomic mass is 10.2. The number of benzene rings is 1. The average Bonchev–Trinajstić information content (AvgIpc) is 2.52. The van der Waals surface area contributed by atoms with Gasteiger partial charge in [0.15, 0.2) is 0 Å². The van der Waals surface area contributed by atoms with Crippen molar-refractivity contribution >= 4 is 23.3 Å². The molecule has 6 nitrogen and oxygen atoms in total. The average molecular weight is 331 g/mol. The summed E-state index contributed by atoms with van der Waals surface area (Å²) in [6.45, 7) is 3.96. The van der Waals surface area contributed by atoms with Gasteiger partial charge in [-0.3, -0.25) is 0 Å². The third kappa shape index (κ3) is 5.99. The number of carbonyl (C=O) groups excluding carboxylic acids is 1. The van der Waals surface area contributed by atoms with Crippen LogP contribution in [0, 0.1) is 0 Å². The van der Waals surface area contributed by atoms with Crippen LogP contribution in [0.15, 0.2) is 12.1 Å². The summed E-state index contributed by atoms with van der Waals surface area (Å²) >= 11 is 6.01. The number of hydrogen-bond donors (Lipinski definition) is 2. The number of carbonyl (C=O) groups is 1. The SMILES string of the molecule is CCCOCCCNC(=O)Nc1cc(OC)c(Cl)cc1OC. The molecule has 0 aliphatic carbocycles. The fourth-order valence-electron chi connectivity index (χ4n) is 1.75. The van der Waals surface area contributed by atoms with E-state index in [1.165, 1.54) is 14.2 Å². The van der Waals surface area contributed by atoms with Gasteiger partial charge in [-0.05, 0) is 12.8 Å². The van der Waals surface area contributed by atoms with Crippen LogP contribution in [-0.4, -0.2) is 40.0 Å². The second-order valence-electron chi connectivity index (χ2n) is 4.53. The van der Waals surface area contributed by atoms with E-state index in [-0.39, 0.29) is 6.03 Å². The lowest BCUT2D eigenvalue weighted by Crippen LogP contribution is -2.30. The number of rotatable bonds is 9. The number of nitrogens with one attached hydrogen (secondary N) is 2. The van der Waals surface area contributed by atoms with Crippen molar-refractivity contribution in [3.05, 3.63) is 17.2 Å². The van der Waals surface area contributed by atoms with Gasteiger partial charge in [-0.2, -0.15) is 0 Å². The lowest BCUT2D eigenvalue weighted by Gasteiger charge is -2.13. The zero-order valence-electron chi connectivity index (χ0n) is 13.2. The molecule has 0 unspecified atom stereocenters. The van der Waals surface area contributed by atoms with Gasteiger partial charge in [0, 0.05) is 31.9 Å². The topological polar surface area (TPSA) is 68.8 Å². The van der Waals surface area contributed by atoms with E-state index in [9.17, 15) is 4.79 Å². The first kappa shape index (κ1) is 18.4. The first-order valence-electron chi connectivity index (χ1n) is 7.16. The molecule has 0 saturated carbocycles. The van der Waals surface area contributed by atoms with E-state index in [4.69, 9.17) is 25.8 Å². The molecule has 2 N–H and O–H groups in total. The minimum Gasteiger partial charge on any atom is -0.495 e. The van der Waals surface area contributed by atoms with Gasteiger partial charge in [0.1, 0.15) is 11.5 Å². The van der Waals surface area contributed by atoms with Crippen molar-refractivity contribution in [2.24, 2.45) is 0 Å². The van der Waals surface area contributed by atoms with E-state index >= 15 is 0 Å². The fraction of sp³-hybridized carbons (Fsp3) is 0.533. The van der Waals surface area contributed by atoms with Crippen LogP contribution in [-0.2, 0) is 4.74 Å². The van der Waals surface area contributed by atoms with Gasteiger partial charge < -0.3 is 24.8 Å². The summed E-state index contributed by atoms with van der Waals surface area (Å²) in [4.78, 5) is 11.9. The molecule has 0 aromatic heterocycles. The summed E-state index contributed by atoms with van der Waals surface area (Å²) in [5, 5.41) is 5.88. The maximum absolute atomic E-state index is 11.9. The molecule has 1 aromatic carbocycles. The highest BCUT2D eigenvalue weighted by molar-refractivity contribution is 6.32. The second-order valence-corrected chi connectivity index (χ2v) is 4.94. The molecular formula is C15H23ClN2O4. The largest absolute Gasteiger partial charge is 0.495 e. The van der Waals surface area contributed by atoms with E-state index < -0.39 is 0 Å². The highest BCUT2D eigenvalue weighted by atomic mass is 35.5. The Hall–Kier alpha value is -1.66. The standard InChI is InChI=1S/C15H23ClN2O4/c1-4-7-22-8-5-6-17-15(19)18-12-10-13(20-2)11(16)9-14(12)21-3/h9-10H,4-8H2,1-3H3,(H2,17,18,19). The minimum atomic E-state index is -0.321. The summed E-state index contributed by atoms with van der Waals surface area (Å²) in [5.74, 6) is 0.929. The molecule has 0 aliphatic heterocycles. The van der Waals surface area contributed by atoms with Gasteiger partial charge in [0.2, 0.25) is 0 Å². The monoisotopic (exact) mass is 330 g/mol. The number of urea groups is 1. The smallest absolute Gasteiger partial charge is 0.319 e. The van der Waals surface area contributed by atoms with Crippen LogP contribution >= 0.6 is 11.6 Å². The Morgan fingerprint density at radius 2 is 1.91 bits per heavy atom. The zero-order chi connectivity index (χ0) is 16.4. The number of halogens is 1. The summed E-state index contributed by atoms with van der Waals surface area (Å²) < 4.78 is 15.7. The molecule has 0 fully saturated rings. The molecule has 124 valence electrons. The number of amides is 2. The summed E-state index contributed by atoms with van der Waals surface area (Å²) in [6, 6.07) is 2.89. The van der Waals surface area contributed by atoms with E-state index in [0.29, 0.717) is 35.4 Å². The van der Waals surface area contributed by atoms with Crippen LogP contribution in [0.5, 0.6) is 11.5 Å². The van der Waals surface area contributed by atoms with Crippen LogP contribution in [0.25, 0.3) is 0 Å². The van der Waals surface area contributed by atoms with Gasteiger partial charge in [0.25, 0.3) is 0 Å². The van der Waals surface area contributed by atoms with E-state index in [1.807, 2.05) is 0 Å². The third-order valence-corrected chi connectivity index (χ3v) is 3.12. The van der Waals surface area contributed by atoms with E-state index in [1.54, 1.807) is 12.1 Å².